The van der Waals surface area contributed by atoms with Crippen molar-refractivity contribution in [3.8, 4) is 0 Å². The van der Waals surface area contributed by atoms with Gasteiger partial charge in [0.2, 0.25) is 5.91 Å². The Bertz CT molecular complexity index is 117. The van der Waals surface area contributed by atoms with Crippen LogP contribution in [-0.4, -0.2) is 17.4 Å². The Morgan fingerprint density at radius 3 is 2.50 bits per heavy atom. The Balaban J connectivity index is 2.51. The van der Waals surface area contributed by atoms with E-state index in [1.165, 1.54) is 0 Å². The summed E-state index contributed by atoms with van der Waals surface area (Å²) in [6.07, 6.45) is 0. The second-order valence-electron chi connectivity index (χ2n) is 1.80. The zero-order chi connectivity index (χ0) is 6.15. The zero-order valence-corrected chi connectivity index (χ0v) is 5.40. The molecular formula is C4H8N2OS. The lowest BCUT2D eigenvalue weighted by molar-refractivity contribution is -0.120. The maximum Gasteiger partial charge on any atom is 0.238 e. The quantitative estimate of drug-likeness (QED) is 0.382. The minimum absolute atomic E-state index is 0.0185. The van der Waals surface area contributed by atoms with Gasteiger partial charge in [0, 0.05) is 0 Å². The maximum absolute atomic E-state index is 10.6. The molecule has 1 rings (SSSR count). The molecule has 1 amide bonds. The Hall–Kier alpha value is -0.220. The van der Waals surface area contributed by atoms with Crippen LogP contribution in [0.1, 0.15) is 6.92 Å². The summed E-state index contributed by atoms with van der Waals surface area (Å²) in [6.45, 7) is 1.80. The van der Waals surface area contributed by atoms with Gasteiger partial charge in [0.15, 0.2) is 0 Å². The fourth-order valence-corrected chi connectivity index (χ4v) is 0.965. The smallest absolute Gasteiger partial charge is 0.238 e. The molecule has 0 aromatic carbocycles. The van der Waals surface area contributed by atoms with Crippen LogP contribution in [0.4, 0.5) is 0 Å². The highest BCUT2D eigenvalue weighted by Gasteiger charge is 2.23. The van der Waals surface area contributed by atoms with Gasteiger partial charge in [-0.15, -0.1) is 12.6 Å². The van der Waals surface area contributed by atoms with Crippen LogP contribution < -0.4 is 10.6 Å². The van der Waals surface area contributed by atoms with Gasteiger partial charge in [-0.2, -0.15) is 0 Å². The monoisotopic (exact) mass is 132 g/mol. The molecule has 1 aliphatic rings. The van der Waals surface area contributed by atoms with Crippen molar-refractivity contribution in [2.75, 3.05) is 0 Å². The summed E-state index contributed by atoms with van der Waals surface area (Å²) in [4.78, 5) is 10.6. The van der Waals surface area contributed by atoms with Crippen LogP contribution in [0.3, 0.4) is 0 Å². The number of hydrogen-bond donors (Lipinski definition) is 3. The van der Waals surface area contributed by atoms with E-state index in [-0.39, 0.29) is 17.4 Å². The maximum atomic E-state index is 10.6. The summed E-state index contributed by atoms with van der Waals surface area (Å²) in [6, 6.07) is -0.0856. The molecule has 0 spiro atoms. The molecule has 4 heteroatoms. The summed E-state index contributed by atoms with van der Waals surface area (Å²) in [5.74, 6) is 0.0185. The number of nitrogens with one attached hydrogen (secondary N) is 2. The number of carbonyl (C=O) groups excluding carboxylic acids is 1. The second kappa shape index (κ2) is 1.95. The van der Waals surface area contributed by atoms with E-state index in [0.29, 0.717) is 0 Å². The van der Waals surface area contributed by atoms with Gasteiger partial charge in [-0.3, -0.25) is 10.1 Å². The molecule has 2 N–H and O–H groups in total. The van der Waals surface area contributed by atoms with E-state index < -0.39 is 0 Å². The van der Waals surface area contributed by atoms with E-state index in [2.05, 4.69) is 23.3 Å². The first kappa shape index (κ1) is 5.91. The van der Waals surface area contributed by atoms with Crippen molar-refractivity contribution >= 4 is 18.5 Å². The fraction of sp³-hybridized carbons (Fsp3) is 0.750. The summed E-state index contributed by atoms with van der Waals surface area (Å²) < 4.78 is 0. The summed E-state index contributed by atoms with van der Waals surface area (Å²) in [5, 5.41) is 5.45. The van der Waals surface area contributed by atoms with Gasteiger partial charge in [-0.25, -0.2) is 0 Å². The van der Waals surface area contributed by atoms with Gasteiger partial charge in [0.1, 0.15) is 5.50 Å². The first-order valence-corrected chi connectivity index (χ1v) is 2.96. The number of carbonyl (C=O) groups is 1. The second-order valence-corrected chi connectivity index (χ2v) is 2.32. The molecule has 1 saturated heterocycles. The van der Waals surface area contributed by atoms with E-state index in [4.69, 9.17) is 0 Å². The van der Waals surface area contributed by atoms with Crippen LogP contribution in [0.2, 0.25) is 0 Å². The van der Waals surface area contributed by atoms with Crippen LogP contribution in [-0.2, 0) is 4.79 Å². The summed E-state index contributed by atoms with van der Waals surface area (Å²) >= 11 is 3.97. The minimum atomic E-state index is -0.155. The first-order chi connectivity index (χ1) is 3.70. The average Bonchev–Trinajstić information content (AvgIpc) is 1.85. The molecule has 0 radical (unpaired) electrons. The van der Waals surface area contributed by atoms with Crippen molar-refractivity contribution in [1.82, 2.24) is 10.6 Å². The Labute approximate surface area is 53.2 Å². The van der Waals surface area contributed by atoms with Gasteiger partial charge >= 0.3 is 0 Å². The van der Waals surface area contributed by atoms with E-state index in [0.717, 1.165) is 0 Å². The Kier molecular flexibility index (Phi) is 1.44. The molecule has 1 aliphatic heterocycles. The topological polar surface area (TPSA) is 41.1 Å². The molecular weight excluding hydrogens is 124 g/mol. The highest BCUT2D eigenvalue weighted by atomic mass is 32.1. The van der Waals surface area contributed by atoms with Gasteiger partial charge < -0.3 is 5.32 Å². The molecule has 0 aromatic rings. The predicted octanol–water partition coefficient (Wildman–Crippen LogP) is -0.692. The van der Waals surface area contributed by atoms with Gasteiger partial charge in [-0.05, 0) is 6.92 Å². The molecule has 0 bridgehead atoms. The van der Waals surface area contributed by atoms with Crippen molar-refractivity contribution in [2.24, 2.45) is 0 Å². The zero-order valence-electron chi connectivity index (χ0n) is 4.51. The molecule has 2 unspecified atom stereocenters. The van der Waals surface area contributed by atoms with Gasteiger partial charge in [-0.1, -0.05) is 0 Å². The Morgan fingerprint density at radius 2 is 2.38 bits per heavy atom. The van der Waals surface area contributed by atoms with Crippen LogP contribution in [0.15, 0.2) is 0 Å². The molecule has 0 saturated carbocycles. The lowest BCUT2D eigenvalue weighted by Crippen LogP contribution is -2.26. The molecule has 46 valence electrons. The standard InChI is InChI=1S/C4H8N2OS/c1-2-3(7)6-4(8)5-2/h2,4-5,8H,1H3,(H,6,7). The molecule has 2 atom stereocenters. The lowest BCUT2D eigenvalue weighted by atomic mass is 10.4. The van der Waals surface area contributed by atoms with Crippen molar-refractivity contribution < 1.29 is 4.79 Å². The van der Waals surface area contributed by atoms with Crippen LogP contribution in [0.5, 0.6) is 0 Å². The first-order valence-electron chi connectivity index (χ1n) is 2.44. The molecule has 0 aromatic heterocycles. The SMILES string of the molecule is CC1NC(S)NC1=O. The number of hydrogen-bond acceptors (Lipinski definition) is 3. The lowest BCUT2D eigenvalue weighted by Gasteiger charge is -1.98. The summed E-state index contributed by atoms with van der Waals surface area (Å²) in [5.41, 5.74) is -0.155. The molecule has 0 aliphatic carbocycles. The van der Waals surface area contributed by atoms with E-state index in [1.807, 2.05) is 0 Å². The van der Waals surface area contributed by atoms with E-state index in [9.17, 15) is 4.79 Å². The normalized spacial score (nSPS) is 37.5. The number of thiol groups is 1. The molecule has 1 fully saturated rings. The van der Waals surface area contributed by atoms with E-state index in [1.54, 1.807) is 6.92 Å². The summed E-state index contributed by atoms with van der Waals surface area (Å²) in [7, 11) is 0. The highest BCUT2D eigenvalue weighted by molar-refractivity contribution is 7.80. The average molecular weight is 132 g/mol. The number of amides is 1. The van der Waals surface area contributed by atoms with Crippen LogP contribution >= 0.6 is 12.6 Å². The minimum Gasteiger partial charge on any atom is -0.331 e. The van der Waals surface area contributed by atoms with Crippen molar-refractivity contribution in [3.63, 3.8) is 0 Å². The van der Waals surface area contributed by atoms with E-state index >= 15 is 0 Å². The highest BCUT2D eigenvalue weighted by Crippen LogP contribution is 1.97. The third-order valence-corrected chi connectivity index (χ3v) is 1.36. The van der Waals surface area contributed by atoms with Crippen LogP contribution in [0, 0.1) is 0 Å². The largest absolute Gasteiger partial charge is 0.331 e. The molecule has 3 nitrogen and oxygen atoms in total. The van der Waals surface area contributed by atoms with Gasteiger partial charge in [0.05, 0.1) is 6.04 Å². The third kappa shape index (κ3) is 0.952. The Morgan fingerprint density at radius 1 is 1.75 bits per heavy atom. The van der Waals surface area contributed by atoms with Crippen molar-refractivity contribution in [1.29, 1.82) is 0 Å². The van der Waals surface area contributed by atoms with Crippen molar-refractivity contribution in [3.05, 3.63) is 0 Å². The van der Waals surface area contributed by atoms with Crippen LogP contribution in [0.25, 0.3) is 0 Å². The van der Waals surface area contributed by atoms with Gasteiger partial charge in [0.25, 0.3) is 0 Å². The molecule has 1 heterocycles. The third-order valence-electron chi connectivity index (χ3n) is 1.08. The molecule has 8 heavy (non-hydrogen) atoms. The fourth-order valence-electron chi connectivity index (χ4n) is 0.614. The predicted molar refractivity (Wildman–Crippen MR) is 33.5 cm³/mol. The number of rotatable bonds is 0. The van der Waals surface area contributed by atoms with Crippen molar-refractivity contribution in [2.45, 2.75) is 18.5 Å².